The first-order chi connectivity index (χ1) is 9.67. The van der Waals surface area contributed by atoms with E-state index in [0.717, 1.165) is 12.1 Å². The Hall–Kier alpha value is -0.810. The number of likely N-dealkylation sites (N-methyl/N-ethyl adjacent to an activating group) is 1. The van der Waals surface area contributed by atoms with Gasteiger partial charge >= 0.3 is 0 Å². The zero-order chi connectivity index (χ0) is 15.0. The second kappa shape index (κ2) is 9.19. The molecule has 1 aromatic carbocycles. The zero-order valence-corrected chi connectivity index (χ0v) is 13.4. The number of rotatable bonds is 9. The minimum absolute atomic E-state index is 0.0638. The Morgan fingerprint density at radius 1 is 1.15 bits per heavy atom. The number of hydrogen-bond acceptors (Lipinski definition) is 4. The van der Waals surface area contributed by atoms with Crippen LogP contribution in [0.25, 0.3) is 0 Å². The molecule has 0 aliphatic carbocycles. The molecule has 0 saturated carbocycles. The van der Waals surface area contributed by atoms with Crippen LogP contribution in [0, 0.1) is 0 Å². The standard InChI is InChI=1S/C15H24ClNO3/c1-5-17-14(15(19-6-2)20-7-3)11-8-9-12(16)13(10-11)18-4/h8-10,14-15,17H,5-7H2,1-4H3. The lowest BCUT2D eigenvalue weighted by molar-refractivity contribution is -0.155. The average Bonchev–Trinajstić information content (AvgIpc) is 2.45. The first kappa shape index (κ1) is 17.2. The third kappa shape index (κ3) is 4.63. The molecule has 114 valence electrons. The van der Waals surface area contributed by atoms with Gasteiger partial charge in [-0.25, -0.2) is 0 Å². The maximum Gasteiger partial charge on any atom is 0.176 e. The number of hydrogen-bond donors (Lipinski definition) is 1. The molecule has 5 heteroatoms. The third-order valence-electron chi connectivity index (χ3n) is 2.89. The van der Waals surface area contributed by atoms with Crippen molar-refractivity contribution in [3.63, 3.8) is 0 Å². The number of methoxy groups -OCH3 is 1. The average molecular weight is 302 g/mol. The van der Waals surface area contributed by atoms with Crippen LogP contribution in [-0.2, 0) is 9.47 Å². The van der Waals surface area contributed by atoms with Crippen molar-refractivity contribution in [1.82, 2.24) is 5.32 Å². The second-order valence-electron chi connectivity index (χ2n) is 4.21. The van der Waals surface area contributed by atoms with Crippen LogP contribution < -0.4 is 10.1 Å². The molecule has 0 radical (unpaired) electrons. The molecule has 0 heterocycles. The van der Waals surface area contributed by atoms with Gasteiger partial charge in [0.05, 0.1) is 18.2 Å². The third-order valence-corrected chi connectivity index (χ3v) is 3.20. The molecule has 1 N–H and O–H groups in total. The summed E-state index contributed by atoms with van der Waals surface area (Å²) in [6, 6.07) is 5.64. The molecule has 0 saturated heterocycles. The lowest BCUT2D eigenvalue weighted by atomic mass is 10.1. The molecule has 0 aliphatic rings. The van der Waals surface area contributed by atoms with E-state index >= 15 is 0 Å². The number of halogens is 1. The van der Waals surface area contributed by atoms with E-state index in [9.17, 15) is 0 Å². The first-order valence-electron chi connectivity index (χ1n) is 6.97. The molecule has 1 rings (SSSR count). The van der Waals surface area contributed by atoms with Gasteiger partial charge in [0, 0.05) is 13.2 Å². The highest BCUT2D eigenvalue weighted by molar-refractivity contribution is 6.32. The quantitative estimate of drug-likeness (QED) is 0.710. The second-order valence-corrected chi connectivity index (χ2v) is 4.62. The van der Waals surface area contributed by atoms with Crippen molar-refractivity contribution in [1.29, 1.82) is 0 Å². The molecule has 1 unspecified atom stereocenters. The summed E-state index contributed by atoms with van der Waals surface area (Å²) in [5.41, 5.74) is 1.03. The summed E-state index contributed by atoms with van der Waals surface area (Å²) in [5.74, 6) is 0.652. The highest BCUT2D eigenvalue weighted by Crippen LogP contribution is 2.30. The van der Waals surface area contributed by atoms with Gasteiger partial charge in [0.1, 0.15) is 5.75 Å². The maximum absolute atomic E-state index is 6.07. The smallest absolute Gasteiger partial charge is 0.176 e. The molecular weight excluding hydrogens is 278 g/mol. The Balaban J connectivity index is 3.04. The Kier molecular flexibility index (Phi) is 7.92. The summed E-state index contributed by atoms with van der Waals surface area (Å²) in [6.07, 6.45) is -0.337. The van der Waals surface area contributed by atoms with Gasteiger partial charge in [-0.3, -0.25) is 0 Å². The minimum atomic E-state index is -0.337. The lowest BCUT2D eigenvalue weighted by Gasteiger charge is -2.28. The predicted octanol–water partition coefficient (Wildman–Crippen LogP) is 3.40. The topological polar surface area (TPSA) is 39.7 Å². The fraction of sp³-hybridized carbons (Fsp3) is 0.600. The molecule has 4 nitrogen and oxygen atoms in total. The maximum atomic E-state index is 6.07. The van der Waals surface area contributed by atoms with Crippen LogP contribution in [0.4, 0.5) is 0 Å². The molecule has 1 atom stereocenters. The van der Waals surface area contributed by atoms with Crippen LogP contribution in [0.3, 0.4) is 0 Å². The van der Waals surface area contributed by atoms with Crippen molar-refractivity contribution < 1.29 is 14.2 Å². The highest BCUT2D eigenvalue weighted by Gasteiger charge is 2.24. The molecular formula is C15H24ClNO3. The molecule has 0 fully saturated rings. The van der Waals surface area contributed by atoms with E-state index in [4.69, 9.17) is 25.8 Å². The molecule has 20 heavy (non-hydrogen) atoms. The molecule has 0 aliphatic heterocycles. The summed E-state index contributed by atoms with van der Waals surface area (Å²) in [4.78, 5) is 0. The van der Waals surface area contributed by atoms with Crippen molar-refractivity contribution in [3.8, 4) is 5.75 Å². The Labute approximate surface area is 126 Å². The van der Waals surface area contributed by atoms with Crippen LogP contribution in [0.1, 0.15) is 32.4 Å². The molecule has 0 spiro atoms. The summed E-state index contributed by atoms with van der Waals surface area (Å²) in [5, 5.41) is 3.98. The van der Waals surface area contributed by atoms with E-state index in [1.54, 1.807) is 7.11 Å². The van der Waals surface area contributed by atoms with Gasteiger partial charge in [-0.05, 0) is 38.1 Å². The van der Waals surface area contributed by atoms with Gasteiger partial charge < -0.3 is 19.5 Å². The fourth-order valence-corrected chi connectivity index (χ4v) is 2.22. The monoisotopic (exact) mass is 301 g/mol. The summed E-state index contributed by atoms with van der Waals surface area (Å²) < 4.78 is 16.7. The van der Waals surface area contributed by atoms with Gasteiger partial charge in [0.25, 0.3) is 0 Å². The predicted molar refractivity (Wildman–Crippen MR) is 81.5 cm³/mol. The highest BCUT2D eigenvalue weighted by atomic mass is 35.5. The van der Waals surface area contributed by atoms with Crippen molar-refractivity contribution in [2.24, 2.45) is 0 Å². The number of benzene rings is 1. The normalized spacial score (nSPS) is 12.7. The van der Waals surface area contributed by atoms with Gasteiger partial charge in [0.2, 0.25) is 0 Å². The van der Waals surface area contributed by atoms with Crippen LogP contribution in [-0.4, -0.2) is 33.2 Å². The SMILES string of the molecule is CCNC(c1ccc(Cl)c(OC)c1)C(OCC)OCC. The van der Waals surface area contributed by atoms with Crippen molar-refractivity contribution in [2.45, 2.75) is 33.1 Å². The van der Waals surface area contributed by atoms with Gasteiger partial charge in [0.15, 0.2) is 6.29 Å². The Bertz CT molecular complexity index is 395. The first-order valence-corrected chi connectivity index (χ1v) is 7.35. The zero-order valence-electron chi connectivity index (χ0n) is 12.6. The van der Waals surface area contributed by atoms with E-state index in [2.05, 4.69) is 12.2 Å². The van der Waals surface area contributed by atoms with Crippen LogP contribution in [0.15, 0.2) is 18.2 Å². The largest absolute Gasteiger partial charge is 0.495 e. The summed E-state index contributed by atoms with van der Waals surface area (Å²) in [6.45, 7) is 7.96. The summed E-state index contributed by atoms with van der Waals surface area (Å²) >= 11 is 6.07. The van der Waals surface area contributed by atoms with Crippen molar-refractivity contribution >= 4 is 11.6 Å². The Morgan fingerprint density at radius 2 is 1.80 bits per heavy atom. The van der Waals surface area contributed by atoms with Gasteiger partial charge in [-0.2, -0.15) is 0 Å². The molecule has 1 aromatic rings. The van der Waals surface area contributed by atoms with Gasteiger partial charge in [-0.15, -0.1) is 0 Å². The van der Waals surface area contributed by atoms with Crippen LogP contribution in [0.5, 0.6) is 5.75 Å². The van der Waals surface area contributed by atoms with Crippen molar-refractivity contribution in [3.05, 3.63) is 28.8 Å². The lowest BCUT2D eigenvalue weighted by Crippen LogP contribution is -2.36. The number of ether oxygens (including phenoxy) is 3. The fourth-order valence-electron chi connectivity index (χ4n) is 2.03. The summed E-state index contributed by atoms with van der Waals surface area (Å²) in [7, 11) is 1.61. The Morgan fingerprint density at radius 3 is 2.30 bits per heavy atom. The van der Waals surface area contributed by atoms with E-state index in [1.165, 1.54) is 0 Å². The van der Waals surface area contributed by atoms with Crippen LogP contribution >= 0.6 is 11.6 Å². The van der Waals surface area contributed by atoms with Crippen LogP contribution in [0.2, 0.25) is 5.02 Å². The number of nitrogens with one attached hydrogen (secondary N) is 1. The molecule has 0 bridgehead atoms. The molecule has 0 aromatic heterocycles. The minimum Gasteiger partial charge on any atom is -0.495 e. The molecule has 0 amide bonds. The van der Waals surface area contributed by atoms with E-state index in [-0.39, 0.29) is 12.3 Å². The van der Waals surface area contributed by atoms with Crippen molar-refractivity contribution in [2.75, 3.05) is 26.9 Å². The van der Waals surface area contributed by atoms with E-state index in [1.807, 2.05) is 32.0 Å². The van der Waals surface area contributed by atoms with E-state index in [0.29, 0.717) is 24.0 Å². The van der Waals surface area contributed by atoms with Gasteiger partial charge in [-0.1, -0.05) is 24.6 Å². The van der Waals surface area contributed by atoms with E-state index < -0.39 is 0 Å².